The molecule has 1 atom stereocenters. The smallest absolute Gasteiger partial charge is 0.0153 e. The van der Waals surface area contributed by atoms with Gasteiger partial charge in [0.1, 0.15) is 0 Å². The summed E-state index contributed by atoms with van der Waals surface area (Å²) in [5.74, 6) is 0. The van der Waals surface area contributed by atoms with Gasteiger partial charge in [-0.1, -0.05) is 58.0 Å². The summed E-state index contributed by atoms with van der Waals surface area (Å²) in [5, 5.41) is 1.12. The van der Waals surface area contributed by atoms with E-state index in [1.165, 1.54) is 32.1 Å². The standard InChI is InChI=1S/C8H16Br2/c1-2-3-4-5-8(10)6-7-9/h8H,2-7H2,1H3. The van der Waals surface area contributed by atoms with E-state index in [-0.39, 0.29) is 0 Å². The Kier molecular flexibility index (Phi) is 8.83. The van der Waals surface area contributed by atoms with Crippen LogP contribution >= 0.6 is 31.9 Å². The molecule has 0 saturated heterocycles. The molecule has 2 heteroatoms. The van der Waals surface area contributed by atoms with E-state index in [2.05, 4.69) is 38.8 Å². The van der Waals surface area contributed by atoms with Crippen LogP contribution in [0.4, 0.5) is 0 Å². The summed E-state index contributed by atoms with van der Waals surface area (Å²) in [6.07, 6.45) is 6.67. The first-order chi connectivity index (χ1) is 4.81. The summed E-state index contributed by atoms with van der Waals surface area (Å²) >= 11 is 7.07. The van der Waals surface area contributed by atoms with Crippen molar-refractivity contribution < 1.29 is 0 Å². The first-order valence-corrected chi connectivity index (χ1v) is 6.05. The molecule has 0 fully saturated rings. The van der Waals surface area contributed by atoms with Crippen molar-refractivity contribution >= 4 is 31.9 Å². The molecular weight excluding hydrogens is 256 g/mol. The SMILES string of the molecule is CCCCCC(Br)CCBr. The van der Waals surface area contributed by atoms with E-state index in [1.807, 2.05) is 0 Å². The molecule has 0 nitrogen and oxygen atoms in total. The fourth-order valence-electron chi connectivity index (χ4n) is 0.879. The molecule has 0 rings (SSSR count). The Morgan fingerprint density at radius 2 is 1.90 bits per heavy atom. The average molecular weight is 272 g/mol. The zero-order valence-corrected chi connectivity index (χ0v) is 9.75. The molecule has 0 aromatic heterocycles. The van der Waals surface area contributed by atoms with Crippen LogP contribution in [0.2, 0.25) is 0 Å². The Morgan fingerprint density at radius 1 is 1.20 bits per heavy atom. The minimum Gasteiger partial charge on any atom is -0.0928 e. The second kappa shape index (κ2) is 8.06. The van der Waals surface area contributed by atoms with Crippen LogP contribution in [-0.2, 0) is 0 Å². The first-order valence-electron chi connectivity index (χ1n) is 4.01. The maximum atomic E-state index is 3.64. The van der Waals surface area contributed by atoms with Gasteiger partial charge in [-0.3, -0.25) is 0 Å². The van der Waals surface area contributed by atoms with Crippen LogP contribution in [-0.4, -0.2) is 10.2 Å². The summed E-state index contributed by atoms with van der Waals surface area (Å²) in [7, 11) is 0. The van der Waals surface area contributed by atoms with E-state index in [0.717, 1.165) is 10.2 Å². The van der Waals surface area contributed by atoms with Crippen molar-refractivity contribution in [2.45, 2.75) is 43.9 Å². The lowest BCUT2D eigenvalue weighted by Crippen LogP contribution is -1.97. The molecule has 0 bridgehead atoms. The van der Waals surface area contributed by atoms with E-state index in [9.17, 15) is 0 Å². The van der Waals surface area contributed by atoms with Crippen molar-refractivity contribution in [3.05, 3.63) is 0 Å². The molecule has 0 N–H and O–H groups in total. The maximum Gasteiger partial charge on any atom is 0.0153 e. The first kappa shape index (κ1) is 11.0. The summed E-state index contributed by atoms with van der Waals surface area (Å²) in [6, 6.07) is 0. The molecule has 10 heavy (non-hydrogen) atoms. The molecule has 0 aliphatic rings. The van der Waals surface area contributed by atoms with Gasteiger partial charge < -0.3 is 0 Å². The number of alkyl halides is 2. The summed E-state index contributed by atoms with van der Waals surface area (Å²) in [4.78, 5) is 0.735. The lowest BCUT2D eigenvalue weighted by Gasteiger charge is -2.05. The minimum atomic E-state index is 0.735. The van der Waals surface area contributed by atoms with Crippen molar-refractivity contribution in [2.24, 2.45) is 0 Å². The fraction of sp³-hybridized carbons (Fsp3) is 1.00. The predicted molar refractivity (Wildman–Crippen MR) is 55.3 cm³/mol. The van der Waals surface area contributed by atoms with Gasteiger partial charge in [-0.05, 0) is 12.8 Å². The van der Waals surface area contributed by atoms with E-state index in [0.29, 0.717) is 0 Å². The maximum absolute atomic E-state index is 3.64. The monoisotopic (exact) mass is 270 g/mol. The van der Waals surface area contributed by atoms with Crippen LogP contribution in [0.25, 0.3) is 0 Å². The Balaban J connectivity index is 2.97. The molecule has 62 valence electrons. The van der Waals surface area contributed by atoms with Crippen molar-refractivity contribution in [3.8, 4) is 0 Å². The Morgan fingerprint density at radius 3 is 2.40 bits per heavy atom. The summed E-state index contributed by atoms with van der Waals surface area (Å²) in [6.45, 7) is 2.24. The van der Waals surface area contributed by atoms with Gasteiger partial charge >= 0.3 is 0 Å². The highest BCUT2D eigenvalue weighted by atomic mass is 79.9. The topological polar surface area (TPSA) is 0 Å². The van der Waals surface area contributed by atoms with E-state index < -0.39 is 0 Å². The van der Waals surface area contributed by atoms with Crippen LogP contribution in [0.15, 0.2) is 0 Å². The summed E-state index contributed by atoms with van der Waals surface area (Å²) < 4.78 is 0. The predicted octanol–water partition coefficient (Wildman–Crippen LogP) is 4.12. The highest BCUT2D eigenvalue weighted by Crippen LogP contribution is 2.15. The Hall–Kier alpha value is 0.960. The molecule has 0 spiro atoms. The van der Waals surface area contributed by atoms with Crippen LogP contribution in [0.3, 0.4) is 0 Å². The van der Waals surface area contributed by atoms with Crippen LogP contribution in [0.5, 0.6) is 0 Å². The lowest BCUT2D eigenvalue weighted by molar-refractivity contribution is 0.644. The highest BCUT2D eigenvalue weighted by Gasteiger charge is 2.00. The molecule has 0 radical (unpaired) electrons. The van der Waals surface area contributed by atoms with Crippen molar-refractivity contribution in [1.82, 2.24) is 0 Å². The van der Waals surface area contributed by atoms with E-state index in [1.54, 1.807) is 0 Å². The van der Waals surface area contributed by atoms with Gasteiger partial charge in [0.25, 0.3) is 0 Å². The Bertz CT molecular complexity index is 64.3. The van der Waals surface area contributed by atoms with Crippen LogP contribution in [0.1, 0.15) is 39.0 Å². The number of halogens is 2. The van der Waals surface area contributed by atoms with Gasteiger partial charge in [-0.25, -0.2) is 0 Å². The third-order valence-corrected chi connectivity index (χ3v) is 2.92. The zero-order valence-electron chi connectivity index (χ0n) is 6.58. The van der Waals surface area contributed by atoms with Crippen molar-refractivity contribution in [1.29, 1.82) is 0 Å². The van der Waals surface area contributed by atoms with E-state index in [4.69, 9.17) is 0 Å². The van der Waals surface area contributed by atoms with E-state index >= 15 is 0 Å². The third-order valence-electron chi connectivity index (χ3n) is 1.54. The molecule has 0 aromatic carbocycles. The lowest BCUT2D eigenvalue weighted by atomic mass is 10.1. The van der Waals surface area contributed by atoms with Crippen LogP contribution in [0, 0.1) is 0 Å². The van der Waals surface area contributed by atoms with Gasteiger partial charge in [0.15, 0.2) is 0 Å². The average Bonchev–Trinajstić information content (AvgIpc) is 1.89. The van der Waals surface area contributed by atoms with Gasteiger partial charge in [0.2, 0.25) is 0 Å². The second-order valence-electron chi connectivity index (χ2n) is 2.57. The van der Waals surface area contributed by atoms with Crippen molar-refractivity contribution in [3.63, 3.8) is 0 Å². The summed E-state index contributed by atoms with van der Waals surface area (Å²) in [5.41, 5.74) is 0. The third kappa shape index (κ3) is 7.07. The molecule has 0 aliphatic heterocycles. The molecule has 1 unspecified atom stereocenters. The number of hydrogen-bond donors (Lipinski definition) is 0. The van der Waals surface area contributed by atoms with Gasteiger partial charge in [-0.2, -0.15) is 0 Å². The molecule has 0 saturated carbocycles. The molecule has 0 heterocycles. The Labute approximate surface area is 81.0 Å². The number of rotatable bonds is 6. The van der Waals surface area contributed by atoms with Gasteiger partial charge in [0, 0.05) is 10.2 Å². The van der Waals surface area contributed by atoms with Gasteiger partial charge in [0.05, 0.1) is 0 Å². The molecule has 0 aliphatic carbocycles. The number of unbranched alkanes of at least 4 members (excludes halogenated alkanes) is 2. The second-order valence-corrected chi connectivity index (χ2v) is 4.66. The minimum absolute atomic E-state index is 0.735. The molecular formula is C8H16Br2. The van der Waals surface area contributed by atoms with Gasteiger partial charge in [-0.15, -0.1) is 0 Å². The quantitative estimate of drug-likeness (QED) is 0.504. The molecule has 0 amide bonds. The zero-order chi connectivity index (χ0) is 7.82. The largest absolute Gasteiger partial charge is 0.0928 e. The molecule has 0 aromatic rings. The highest BCUT2D eigenvalue weighted by molar-refractivity contribution is 9.10. The van der Waals surface area contributed by atoms with Crippen molar-refractivity contribution in [2.75, 3.05) is 5.33 Å². The fourth-order valence-corrected chi connectivity index (χ4v) is 2.60. The van der Waals surface area contributed by atoms with Crippen LogP contribution < -0.4 is 0 Å². The normalized spacial score (nSPS) is 13.5. The number of hydrogen-bond acceptors (Lipinski definition) is 0.